The zero-order valence-corrected chi connectivity index (χ0v) is 6.88. The minimum atomic E-state index is -1.05. The van der Waals surface area contributed by atoms with Crippen LogP contribution in [0.25, 0.3) is 0 Å². The summed E-state index contributed by atoms with van der Waals surface area (Å²) in [5.41, 5.74) is 0.569. The van der Waals surface area contributed by atoms with Gasteiger partial charge in [0.2, 0.25) is 5.28 Å². The second-order valence-electron chi connectivity index (χ2n) is 2.18. The minimum absolute atomic E-state index is 0.0116. The summed E-state index contributed by atoms with van der Waals surface area (Å²) in [4.78, 5) is 14.1. The Balaban J connectivity index is 3.29. The van der Waals surface area contributed by atoms with Gasteiger partial charge in [0.15, 0.2) is 5.69 Å². The van der Waals surface area contributed by atoms with Crippen molar-refractivity contribution < 1.29 is 9.90 Å². The fourth-order valence-corrected chi connectivity index (χ4v) is 0.959. The Bertz CT molecular complexity index is 306. The quantitative estimate of drug-likeness (QED) is 0.693. The summed E-state index contributed by atoms with van der Waals surface area (Å²) in [6.45, 7) is 1.66. The van der Waals surface area contributed by atoms with Crippen LogP contribution in [0.3, 0.4) is 0 Å². The Kier molecular flexibility index (Phi) is 1.87. The number of hydrogen-bond acceptors (Lipinski definition) is 2. The number of hydrogen-bond donors (Lipinski definition) is 1. The van der Waals surface area contributed by atoms with Crippen LogP contribution in [0.1, 0.15) is 16.2 Å². The number of aromatic nitrogens is 2. The van der Waals surface area contributed by atoms with Crippen molar-refractivity contribution in [2.45, 2.75) is 6.92 Å². The van der Waals surface area contributed by atoms with Gasteiger partial charge in [0.1, 0.15) is 0 Å². The lowest BCUT2D eigenvalue weighted by Gasteiger charge is -1.94. The highest BCUT2D eigenvalue weighted by Crippen LogP contribution is 2.12. The van der Waals surface area contributed by atoms with Gasteiger partial charge in [-0.05, 0) is 18.5 Å². The Morgan fingerprint density at radius 1 is 1.73 bits per heavy atom. The SMILES string of the molecule is Cc1c(C(=O)O)nc(Cl)n1C. The first-order chi connectivity index (χ1) is 5.04. The van der Waals surface area contributed by atoms with E-state index in [1.54, 1.807) is 14.0 Å². The molecule has 11 heavy (non-hydrogen) atoms. The highest BCUT2D eigenvalue weighted by molar-refractivity contribution is 6.28. The molecule has 1 aromatic rings. The molecule has 0 aromatic carbocycles. The van der Waals surface area contributed by atoms with E-state index < -0.39 is 5.97 Å². The van der Waals surface area contributed by atoms with Crippen molar-refractivity contribution in [3.8, 4) is 0 Å². The van der Waals surface area contributed by atoms with Crippen LogP contribution < -0.4 is 0 Å². The van der Waals surface area contributed by atoms with E-state index in [0.717, 1.165) is 0 Å². The van der Waals surface area contributed by atoms with Crippen molar-refractivity contribution in [2.75, 3.05) is 0 Å². The van der Waals surface area contributed by atoms with Crippen LogP contribution in [0.5, 0.6) is 0 Å². The van der Waals surface area contributed by atoms with Gasteiger partial charge in [-0.25, -0.2) is 9.78 Å². The first-order valence-electron chi connectivity index (χ1n) is 2.96. The summed E-state index contributed by atoms with van der Waals surface area (Å²) >= 11 is 5.57. The Morgan fingerprint density at radius 3 is 2.45 bits per heavy atom. The van der Waals surface area contributed by atoms with Crippen LogP contribution in [0.15, 0.2) is 0 Å². The molecule has 0 amide bonds. The van der Waals surface area contributed by atoms with Gasteiger partial charge in [0.05, 0.1) is 5.69 Å². The minimum Gasteiger partial charge on any atom is -0.476 e. The van der Waals surface area contributed by atoms with E-state index >= 15 is 0 Å². The fourth-order valence-electron chi connectivity index (χ4n) is 0.748. The Hall–Kier alpha value is -1.03. The second kappa shape index (κ2) is 2.54. The van der Waals surface area contributed by atoms with Crippen LogP contribution in [0, 0.1) is 6.92 Å². The summed E-state index contributed by atoms with van der Waals surface area (Å²) in [5, 5.41) is 8.76. The molecule has 1 aromatic heterocycles. The molecule has 0 spiro atoms. The molecule has 0 saturated heterocycles. The lowest BCUT2D eigenvalue weighted by molar-refractivity contribution is 0.0690. The third-order valence-electron chi connectivity index (χ3n) is 1.53. The number of carboxylic acids is 1. The number of aromatic carboxylic acids is 1. The standard InChI is InChI=1S/C6H7ClN2O2/c1-3-4(5(10)11)8-6(7)9(3)2/h1-2H3,(H,10,11). The topological polar surface area (TPSA) is 55.1 Å². The van der Waals surface area contributed by atoms with E-state index in [-0.39, 0.29) is 11.0 Å². The molecule has 0 aliphatic heterocycles. The normalized spacial score (nSPS) is 10.1. The summed E-state index contributed by atoms with van der Waals surface area (Å²) < 4.78 is 1.52. The Morgan fingerprint density at radius 2 is 2.27 bits per heavy atom. The van der Waals surface area contributed by atoms with E-state index in [9.17, 15) is 4.79 Å². The van der Waals surface area contributed by atoms with Gasteiger partial charge < -0.3 is 9.67 Å². The van der Waals surface area contributed by atoms with Crippen LogP contribution in [0.2, 0.25) is 5.28 Å². The van der Waals surface area contributed by atoms with Gasteiger partial charge in [-0.1, -0.05) is 0 Å². The first-order valence-corrected chi connectivity index (χ1v) is 3.34. The van der Waals surface area contributed by atoms with Crippen LogP contribution in [-0.2, 0) is 7.05 Å². The van der Waals surface area contributed by atoms with Crippen molar-refractivity contribution in [3.63, 3.8) is 0 Å². The molecule has 0 radical (unpaired) electrons. The van der Waals surface area contributed by atoms with Gasteiger partial charge >= 0.3 is 5.97 Å². The molecule has 0 unspecified atom stereocenters. The van der Waals surface area contributed by atoms with E-state index in [0.29, 0.717) is 5.69 Å². The van der Waals surface area contributed by atoms with Gasteiger partial charge in [-0.15, -0.1) is 0 Å². The molecule has 0 saturated carbocycles. The largest absolute Gasteiger partial charge is 0.476 e. The average molecular weight is 175 g/mol. The van der Waals surface area contributed by atoms with Crippen molar-refractivity contribution in [3.05, 3.63) is 16.7 Å². The molecule has 1 N–H and O–H groups in total. The van der Waals surface area contributed by atoms with Gasteiger partial charge in [0, 0.05) is 7.05 Å². The van der Waals surface area contributed by atoms with Crippen LogP contribution in [-0.4, -0.2) is 20.6 Å². The van der Waals surface area contributed by atoms with Gasteiger partial charge in [-0.2, -0.15) is 0 Å². The molecule has 0 aliphatic rings. The number of rotatable bonds is 1. The molecular weight excluding hydrogens is 168 g/mol. The maximum absolute atomic E-state index is 10.5. The van der Waals surface area contributed by atoms with Crippen molar-refractivity contribution in [2.24, 2.45) is 7.05 Å². The monoisotopic (exact) mass is 174 g/mol. The molecule has 0 fully saturated rings. The average Bonchev–Trinajstić information content (AvgIpc) is 2.17. The van der Waals surface area contributed by atoms with Crippen molar-refractivity contribution >= 4 is 17.6 Å². The van der Waals surface area contributed by atoms with Crippen LogP contribution >= 0.6 is 11.6 Å². The fraction of sp³-hybridized carbons (Fsp3) is 0.333. The molecule has 1 rings (SSSR count). The van der Waals surface area contributed by atoms with Crippen molar-refractivity contribution in [1.82, 2.24) is 9.55 Å². The summed E-state index contributed by atoms with van der Waals surface area (Å²) in [6, 6.07) is 0. The molecule has 5 heteroatoms. The number of nitrogens with zero attached hydrogens (tertiary/aromatic N) is 2. The summed E-state index contributed by atoms with van der Waals surface area (Å²) in [5.74, 6) is -1.05. The lowest BCUT2D eigenvalue weighted by Crippen LogP contribution is -2.00. The van der Waals surface area contributed by atoms with E-state index in [1.165, 1.54) is 4.57 Å². The predicted octanol–water partition coefficient (Wildman–Crippen LogP) is 1.08. The van der Waals surface area contributed by atoms with Crippen LogP contribution in [0.4, 0.5) is 0 Å². The molecule has 4 nitrogen and oxygen atoms in total. The third kappa shape index (κ3) is 1.21. The number of carbonyl (C=O) groups is 1. The predicted molar refractivity (Wildman–Crippen MR) is 39.9 cm³/mol. The second-order valence-corrected chi connectivity index (χ2v) is 2.52. The maximum atomic E-state index is 10.5. The molecule has 0 bridgehead atoms. The summed E-state index contributed by atoms with van der Waals surface area (Å²) in [6.07, 6.45) is 0. The molecule has 0 aliphatic carbocycles. The molecule has 1 heterocycles. The highest BCUT2D eigenvalue weighted by atomic mass is 35.5. The smallest absolute Gasteiger partial charge is 0.356 e. The van der Waals surface area contributed by atoms with Gasteiger partial charge in [0.25, 0.3) is 0 Å². The van der Waals surface area contributed by atoms with E-state index in [1.807, 2.05) is 0 Å². The first kappa shape index (κ1) is 8.07. The number of halogens is 1. The van der Waals surface area contributed by atoms with E-state index in [2.05, 4.69) is 4.98 Å². The maximum Gasteiger partial charge on any atom is 0.356 e. The third-order valence-corrected chi connectivity index (χ3v) is 1.87. The lowest BCUT2D eigenvalue weighted by atomic mass is 10.3. The zero-order chi connectivity index (χ0) is 8.59. The van der Waals surface area contributed by atoms with Crippen molar-refractivity contribution in [1.29, 1.82) is 0 Å². The Labute approximate surface area is 68.4 Å². The number of imidazole rings is 1. The summed E-state index contributed by atoms with van der Waals surface area (Å²) in [7, 11) is 1.66. The van der Waals surface area contributed by atoms with E-state index in [4.69, 9.17) is 16.7 Å². The highest BCUT2D eigenvalue weighted by Gasteiger charge is 2.14. The zero-order valence-electron chi connectivity index (χ0n) is 6.13. The van der Waals surface area contributed by atoms with Gasteiger partial charge in [-0.3, -0.25) is 0 Å². The molecule has 0 atom stereocenters. The molecular formula is C6H7ClN2O2. The number of carboxylic acid groups (broad SMARTS) is 1. The molecule has 60 valence electrons.